The lowest BCUT2D eigenvalue weighted by Crippen LogP contribution is -2.44. The number of piperazine rings is 1. The van der Waals surface area contributed by atoms with E-state index in [9.17, 15) is 4.79 Å². The highest BCUT2D eigenvalue weighted by atomic mass is 16.5. The standard InChI is InChI=1S/C26H32N6O2/c1-31-11-13-32(14-12-31)24-16-21(7-9-25(24)34-2)30-26(33)28-10-4-3-5-20-18-29-23-8-6-19(17-27)15-22(20)23/h6-9,15-16,18,29H,3-5,10-14H2,1-2H3,(H2,28,30,33). The molecule has 34 heavy (non-hydrogen) atoms. The van der Waals surface area contributed by atoms with Gasteiger partial charge in [-0.1, -0.05) is 0 Å². The maximum atomic E-state index is 12.4. The molecule has 1 saturated heterocycles. The van der Waals surface area contributed by atoms with Crippen LogP contribution in [0.4, 0.5) is 16.2 Å². The average Bonchev–Trinajstić information content (AvgIpc) is 3.26. The molecule has 3 aromatic rings. The van der Waals surface area contributed by atoms with Gasteiger partial charge in [0.1, 0.15) is 5.75 Å². The fourth-order valence-corrected chi connectivity index (χ4v) is 4.33. The monoisotopic (exact) mass is 460 g/mol. The molecule has 2 heterocycles. The molecule has 1 fully saturated rings. The highest BCUT2D eigenvalue weighted by Gasteiger charge is 2.18. The maximum Gasteiger partial charge on any atom is 0.319 e. The minimum Gasteiger partial charge on any atom is -0.495 e. The number of hydrogen-bond acceptors (Lipinski definition) is 5. The number of aromatic amines is 1. The Labute approximate surface area is 200 Å². The number of nitrogens with zero attached hydrogens (tertiary/aromatic N) is 3. The number of anilines is 2. The number of H-pyrrole nitrogens is 1. The van der Waals surface area contributed by atoms with Crippen LogP contribution in [0.15, 0.2) is 42.6 Å². The SMILES string of the molecule is COc1ccc(NC(=O)NCCCCc2c[nH]c3ccc(C#N)cc23)cc1N1CCN(C)CC1. The molecule has 0 atom stereocenters. The number of benzene rings is 2. The lowest BCUT2D eigenvalue weighted by Gasteiger charge is -2.34. The molecule has 178 valence electrons. The van der Waals surface area contributed by atoms with Crippen LogP contribution in [0.25, 0.3) is 10.9 Å². The van der Waals surface area contributed by atoms with Gasteiger partial charge in [0.25, 0.3) is 0 Å². The number of nitriles is 1. The highest BCUT2D eigenvalue weighted by Crippen LogP contribution is 2.32. The Morgan fingerprint density at radius 3 is 2.74 bits per heavy atom. The summed E-state index contributed by atoms with van der Waals surface area (Å²) in [6.07, 6.45) is 4.71. The van der Waals surface area contributed by atoms with E-state index in [1.165, 1.54) is 5.56 Å². The van der Waals surface area contributed by atoms with E-state index < -0.39 is 0 Å². The topological polar surface area (TPSA) is 96.4 Å². The molecule has 1 aromatic heterocycles. The maximum absolute atomic E-state index is 12.4. The van der Waals surface area contributed by atoms with Gasteiger partial charge in [0.05, 0.1) is 24.4 Å². The Bertz CT molecular complexity index is 1170. The van der Waals surface area contributed by atoms with Crippen LogP contribution >= 0.6 is 0 Å². The second kappa shape index (κ2) is 10.9. The molecule has 1 aliphatic rings. The van der Waals surface area contributed by atoms with Crippen molar-refractivity contribution in [3.63, 3.8) is 0 Å². The van der Waals surface area contributed by atoms with Crippen LogP contribution in [0.5, 0.6) is 5.75 Å². The molecule has 0 unspecified atom stereocenters. The molecule has 2 aromatic carbocycles. The minimum atomic E-state index is -0.208. The zero-order chi connectivity index (χ0) is 23.9. The quantitative estimate of drug-likeness (QED) is 0.443. The smallest absolute Gasteiger partial charge is 0.319 e. The van der Waals surface area contributed by atoms with Crippen molar-refractivity contribution in [3.8, 4) is 11.8 Å². The van der Waals surface area contributed by atoms with E-state index >= 15 is 0 Å². The number of rotatable bonds is 8. The van der Waals surface area contributed by atoms with Crippen LogP contribution in [0.2, 0.25) is 0 Å². The molecule has 0 aliphatic carbocycles. The summed E-state index contributed by atoms with van der Waals surface area (Å²) in [6, 6.07) is 13.4. The van der Waals surface area contributed by atoms with Crippen molar-refractivity contribution in [1.29, 1.82) is 5.26 Å². The first-order valence-corrected chi connectivity index (χ1v) is 11.7. The average molecular weight is 461 g/mol. The summed E-state index contributed by atoms with van der Waals surface area (Å²) < 4.78 is 5.55. The van der Waals surface area contributed by atoms with Gasteiger partial charge in [-0.2, -0.15) is 5.26 Å². The number of urea groups is 1. The Hall–Kier alpha value is -3.70. The molecule has 0 spiro atoms. The number of carbonyl (C=O) groups excluding carboxylic acids is 1. The summed E-state index contributed by atoms with van der Waals surface area (Å²) in [6.45, 7) is 4.45. The van der Waals surface area contributed by atoms with E-state index in [0.717, 1.165) is 73.5 Å². The number of aromatic nitrogens is 1. The third kappa shape index (κ3) is 5.61. The van der Waals surface area contributed by atoms with Crippen molar-refractivity contribution in [2.45, 2.75) is 19.3 Å². The Balaban J connectivity index is 1.25. The van der Waals surface area contributed by atoms with Gasteiger partial charge in [-0.3, -0.25) is 0 Å². The summed E-state index contributed by atoms with van der Waals surface area (Å²) in [5.74, 6) is 0.815. The van der Waals surface area contributed by atoms with Gasteiger partial charge in [0, 0.05) is 55.5 Å². The number of likely N-dealkylation sites (N-methyl/N-ethyl adjacent to an activating group) is 1. The third-order valence-electron chi connectivity index (χ3n) is 6.34. The van der Waals surface area contributed by atoms with Crippen LogP contribution in [-0.2, 0) is 6.42 Å². The van der Waals surface area contributed by atoms with Crippen molar-refractivity contribution in [2.75, 3.05) is 57.1 Å². The zero-order valence-electron chi connectivity index (χ0n) is 19.9. The molecule has 1 aliphatic heterocycles. The first-order valence-electron chi connectivity index (χ1n) is 11.7. The lowest BCUT2D eigenvalue weighted by molar-refractivity contribution is 0.252. The van der Waals surface area contributed by atoms with Gasteiger partial charge in [-0.15, -0.1) is 0 Å². The molecule has 8 heteroatoms. The van der Waals surface area contributed by atoms with Crippen LogP contribution < -0.4 is 20.3 Å². The fraction of sp³-hybridized carbons (Fsp3) is 0.385. The number of aryl methyl sites for hydroxylation is 1. The van der Waals surface area contributed by atoms with Crippen LogP contribution in [-0.4, -0.2) is 62.8 Å². The van der Waals surface area contributed by atoms with Gasteiger partial charge in [0.15, 0.2) is 0 Å². The predicted molar refractivity (Wildman–Crippen MR) is 136 cm³/mol. The zero-order valence-corrected chi connectivity index (χ0v) is 19.9. The molecule has 0 bridgehead atoms. The Morgan fingerprint density at radius 1 is 1.15 bits per heavy atom. The first-order chi connectivity index (χ1) is 16.6. The van der Waals surface area contributed by atoms with Crippen LogP contribution in [0, 0.1) is 11.3 Å². The van der Waals surface area contributed by atoms with E-state index in [2.05, 4.69) is 38.5 Å². The number of hydrogen-bond donors (Lipinski definition) is 3. The number of fused-ring (bicyclic) bond motifs is 1. The van der Waals surface area contributed by atoms with Gasteiger partial charge in [-0.05, 0) is 68.3 Å². The highest BCUT2D eigenvalue weighted by molar-refractivity contribution is 5.90. The molecule has 8 nitrogen and oxygen atoms in total. The summed E-state index contributed by atoms with van der Waals surface area (Å²) in [7, 11) is 3.80. The second-order valence-corrected chi connectivity index (χ2v) is 8.70. The third-order valence-corrected chi connectivity index (χ3v) is 6.34. The van der Waals surface area contributed by atoms with Crippen molar-refractivity contribution >= 4 is 28.3 Å². The summed E-state index contributed by atoms with van der Waals surface area (Å²) >= 11 is 0. The van der Waals surface area contributed by atoms with Crippen LogP contribution in [0.3, 0.4) is 0 Å². The molecular weight excluding hydrogens is 428 g/mol. The Kier molecular flexibility index (Phi) is 7.55. The van der Waals surface area contributed by atoms with E-state index in [4.69, 9.17) is 10.00 Å². The van der Waals surface area contributed by atoms with E-state index in [1.54, 1.807) is 7.11 Å². The number of methoxy groups -OCH3 is 1. The van der Waals surface area contributed by atoms with Crippen molar-refractivity contribution in [2.24, 2.45) is 0 Å². The second-order valence-electron chi connectivity index (χ2n) is 8.70. The normalized spacial score (nSPS) is 14.1. The molecular formula is C26H32N6O2. The molecule has 4 rings (SSSR count). The Morgan fingerprint density at radius 2 is 1.97 bits per heavy atom. The fourth-order valence-electron chi connectivity index (χ4n) is 4.33. The van der Waals surface area contributed by atoms with Crippen molar-refractivity contribution in [3.05, 3.63) is 53.7 Å². The summed E-state index contributed by atoms with van der Waals surface area (Å²) in [5, 5.41) is 16.1. The van der Waals surface area contributed by atoms with Gasteiger partial charge < -0.3 is 30.2 Å². The number of unbranched alkanes of at least 4 members (excludes halogenated alkanes) is 1. The van der Waals surface area contributed by atoms with E-state index in [0.29, 0.717) is 12.1 Å². The minimum absolute atomic E-state index is 0.208. The van der Waals surface area contributed by atoms with Crippen molar-refractivity contribution in [1.82, 2.24) is 15.2 Å². The summed E-state index contributed by atoms with van der Waals surface area (Å²) in [5.41, 5.74) is 4.67. The molecule has 0 radical (unpaired) electrons. The molecule has 0 saturated carbocycles. The lowest BCUT2D eigenvalue weighted by atomic mass is 10.1. The number of amides is 2. The number of carbonyl (C=O) groups is 1. The summed E-state index contributed by atoms with van der Waals surface area (Å²) in [4.78, 5) is 20.3. The first kappa shape index (κ1) is 23.5. The van der Waals surface area contributed by atoms with Gasteiger partial charge in [0.2, 0.25) is 0 Å². The van der Waals surface area contributed by atoms with Gasteiger partial charge in [-0.25, -0.2) is 4.79 Å². The largest absolute Gasteiger partial charge is 0.495 e. The van der Waals surface area contributed by atoms with Crippen LogP contribution in [0.1, 0.15) is 24.0 Å². The number of nitrogens with one attached hydrogen (secondary N) is 3. The molecule has 2 amide bonds. The van der Waals surface area contributed by atoms with E-state index in [-0.39, 0.29) is 6.03 Å². The molecule has 3 N–H and O–H groups in total. The number of ether oxygens (including phenoxy) is 1. The predicted octanol–water partition coefficient (Wildman–Crippen LogP) is 3.94. The van der Waals surface area contributed by atoms with E-state index in [1.807, 2.05) is 42.6 Å². The van der Waals surface area contributed by atoms with Gasteiger partial charge >= 0.3 is 6.03 Å². The van der Waals surface area contributed by atoms with Crippen molar-refractivity contribution < 1.29 is 9.53 Å².